The third-order valence-corrected chi connectivity index (χ3v) is 6.46. The van der Waals surface area contributed by atoms with Gasteiger partial charge in [0.2, 0.25) is 5.91 Å². The van der Waals surface area contributed by atoms with Gasteiger partial charge in [-0.1, -0.05) is 0 Å². The van der Waals surface area contributed by atoms with Crippen LogP contribution < -0.4 is 15.5 Å². The van der Waals surface area contributed by atoms with Crippen molar-refractivity contribution in [3.05, 3.63) is 43.0 Å². The Balaban J connectivity index is 1.43. The Morgan fingerprint density at radius 3 is 2.67 bits per heavy atom. The maximum atomic E-state index is 12.0. The van der Waals surface area contributed by atoms with Gasteiger partial charge in [-0.3, -0.25) is 14.8 Å². The van der Waals surface area contributed by atoms with Crippen molar-refractivity contribution in [1.29, 1.82) is 0 Å². The number of carbonyl (C=O) groups is 1. The lowest BCUT2D eigenvalue weighted by atomic mass is 9.76. The van der Waals surface area contributed by atoms with Crippen molar-refractivity contribution in [1.82, 2.24) is 30.6 Å². The van der Waals surface area contributed by atoms with Crippen LogP contribution in [0.2, 0.25) is 0 Å². The molecule has 0 radical (unpaired) electrons. The second-order valence-corrected chi connectivity index (χ2v) is 8.24. The standard InChI is InChI=1S/C22H25N7O/c1-23-21(30)17-12-22(14-26-17)5-10-29(11-6-22)20-16-4-9-25-13-18(16)27-19(28-20)15-2-7-24-8-3-15/h2-4,7-9,13,17,26H,5-6,10-12,14H2,1H3,(H,23,30). The Kier molecular flexibility index (Phi) is 4.78. The monoisotopic (exact) mass is 403 g/mol. The van der Waals surface area contributed by atoms with Crippen LogP contribution in [0.15, 0.2) is 43.0 Å². The third kappa shape index (κ3) is 3.37. The van der Waals surface area contributed by atoms with Gasteiger partial charge in [0, 0.05) is 56.2 Å². The van der Waals surface area contributed by atoms with Crippen LogP contribution in [0.25, 0.3) is 22.3 Å². The van der Waals surface area contributed by atoms with Gasteiger partial charge in [0.15, 0.2) is 5.82 Å². The van der Waals surface area contributed by atoms with Gasteiger partial charge in [0.25, 0.3) is 0 Å². The summed E-state index contributed by atoms with van der Waals surface area (Å²) in [5.41, 5.74) is 1.97. The van der Waals surface area contributed by atoms with Gasteiger partial charge in [-0.2, -0.15) is 0 Å². The zero-order chi connectivity index (χ0) is 20.6. The number of nitrogens with one attached hydrogen (secondary N) is 2. The molecule has 8 heteroatoms. The summed E-state index contributed by atoms with van der Waals surface area (Å²) >= 11 is 0. The molecule has 154 valence electrons. The minimum Gasteiger partial charge on any atom is -0.358 e. The van der Waals surface area contributed by atoms with Gasteiger partial charge in [-0.05, 0) is 42.9 Å². The van der Waals surface area contributed by atoms with Gasteiger partial charge in [0.05, 0.1) is 17.8 Å². The second kappa shape index (κ2) is 7.60. The fraction of sp³-hybridized carbons (Fsp3) is 0.409. The molecule has 1 spiro atoms. The molecular weight excluding hydrogens is 378 g/mol. The number of rotatable bonds is 3. The fourth-order valence-corrected chi connectivity index (χ4v) is 4.69. The summed E-state index contributed by atoms with van der Waals surface area (Å²) in [5, 5.41) is 7.20. The number of hydrogen-bond acceptors (Lipinski definition) is 7. The predicted octanol–water partition coefficient (Wildman–Crippen LogP) is 1.78. The van der Waals surface area contributed by atoms with Crippen LogP contribution in [0.5, 0.6) is 0 Å². The highest BCUT2D eigenvalue weighted by atomic mass is 16.2. The molecule has 30 heavy (non-hydrogen) atoms. The van der Waals surface area contributed by atoms with Gasteiger partial charge in [-0.25, -0.2) is 9.97 Å². The molecule has 2 N–H and O–H groups in total. The molecule has 2 aliphatic heterocycles. The third-order valence-electron chi connectivity index (χ3n) is 6.46. The van der Waals surface area contributed by atoms with E-state index < -0.39 is 0 Å². The molecular formula is C22H25N7O. The first kappa shape index (κ1) is 18.9. The summed E-state index contributed by atoms with van der Waals surface area (Å²) in [6, 6.07) is 5.76. The first-order valence-corrected chi connectivity index (χ1v) is 10.4. The van der Waals surface area contributed by atoms with Crippen LogP contribution >= 0.6 is 0 Å². The molecule has 0 bridgehead atoms. The summed E-state index contributed by atoms with van der Waals surface area (Å²) < 4.78 is 0. The number of carbonyl (C=O) groups excluding carboxylic acids is 1. The largest absolute Gasteiger partial charge is 0.358 e. The maximum absolute atomic E-state index is 12.0. The van der Waals surface area contributed by atoms with E-state index in [0.717, 1.165) is 61.2 Å². The quantitative estimate of drug-likeness (QED) is 0.688. The molecule has 5 rings (SSSR count). The molecule has 2 fully saturated rings. The number of nitrogens with zero attached hydrogens (tertiary/aromatic N) is 5. The molecule has 0 aliphatic carbocycles. The number of pyridine rings is 2. The summed E-state index contributed by atoms with van der Waals surface area (Å²) in [7, 11) is 1.70. The number of amides is 1. The van der Waals surface area contributed by atoms with Crippen molar-refractivity contribution in [2.75, 3.05) is 31.6 Å². The number of piperidine rings is 1. The number of hydrogen-bond donors (Lipinski definition) is 2. The van der Waals surface area contributed by atoms with Crippen LogP contribution in [0, 0.1) is 5.41 Å². The number of fused-ring (bicyclic) bond motifs is 1. The Hall–Kier alpha value is -3.13. The molecule has 2 saturated heterocycles. The van der Waals surface area contributed by atoms with Crippen LogP contribution in [0.4, 0.5) is 5.82 Å². The minimum atomic E-state index is -0.0780. The van der Waals surface area contributed by atoms with Crippen LogP contribution in [0.1, 0.15) is 19.3 Å². The number of aromatic nitrogens is 4. The molecule has 3 aromatic heterocycles. The first-order valence-electron chi connectivity index (χ1n) is 10.4. The van der Waals surface area contributed by atoms with Gasteiger partial charge in [-0.15, -0.1) is 0 Å². The van der Waals surface area contributed by atoms with E-state index in [0.29, 0.717) is 5.82 Å². The molecule has 1 unspecified atom stereocenters. The van der Waals surface area contributed by atoms with E-state index in [-0.39, 0.29) is 17.4 Å². The van der Waals surface area contributed by atoms with Crippen LogP contribution in [-0.4, -0.2) is 58.6 Å². The SMILES string of the molecule is CNC(=O)C1CC2(CCN(c3nc(-c4ccncc4)nc4cnccc34)CC2)CN1. The van der Waals surface area contributed by atoms with Crippen molar-refractivity contribution in [2.45, 2.75) is 25.3 Å². The Morgan fingerprint density at radius 2 is 1.90 bits per heavy atom. The number of likely N-dealkylation sites (N-methyl/N-ethyl adjacent to an activating group) is 1. The lowest BCUT2D eigenvalue weighted by molar-refractivity contribution is -0.122. The second-order valence-electron chi connectivity index (χ2n) is 8.24. The zero-order valence-electron chi connectivity index (χ0n) is 17.0. The Morgan fingerprint density at radius 1 is 1.13 bits per heavy atom. The normalized spacial score (nSPS) is 20.6. The molecule has 5 heterocycles. The molecule has 8 nitrogen and oxygen atoms in total. The predicted molar refractivity (Wildman–Crippen MR) is 115 cm³/mol. The summed E-state index contributed by atoms with van der Waals surface area (Å²) in [6.45, 7) is 2.72. The van der Waals surface area contributed by atoms with E-state index in [1.165, 1.54) is 0 Å². The van der Waals surface area contributed by atoms with Crippen molar-refractivity contribution in [3.63, 3.8) is 0 Å². The zero-order valence-corrected chi connectivity index (χ0v) is 17.0. The van der Waals surface area contributed by atoms with Gasteiger partial charge >= 0.3 is 0 Å². The van der Waals surface area contributed by atoms with Crippen LogP contribution in [-0.2, 0) is 4.79 Å². The molecule has 1 atom stereocenters. The Labute approximate surface area is 175 Å². The van der Waals surface area contributed by atoms with Crippen molar-refractivity contribution >= 4 is 22.6 Å². The van der Waals surface area contributed by atoms with Crippen molar-refractivity contribution < 1.29 is 4.79 Å². The molecule has 0 aromatic carbocycles. The minimum absolute atomic E-state index is 0.0780. The topological polar surface area (TPSA) is 95.9 Å². The summed E-state index contributed by atoms with van der Waals surface area (Å²) in [6.07, 6.45) is 10.1. The highest BCUT2D eigenvalue weighted by molar-refractivity contribution is 5.90. The van der Waals surface area contributed by atoms with Crippen LogP contribution in [0.3, 0.4) is 0 Å². The van der Waals surface area contributed by atoms with Gasteiger partial charge < -0.3 is 15.5 Å². The average Bonchev–Trinajstić information content (AvgIpc) is 3.22. The summed E-state index contributed by atoms with van der Waals surface area (Å²) in [4.78, 5) is 32.4. The summed E-state index contributed by atoms with van der Waals surface area (Å²) in [5.74, 6) is 1.74. The van der Waals surface area contributed by atoms with Crippen molar-refractivity contribution in [2.24, 2.45) is 5.41 Å². The maximum Gasteiger partial charge on any atom is 0.236 e. The first-order chi connectivity index (χ1) is 14.7. The number of anilines is 1. The fourth-order valence-electron chi connectivity index (χ4n) is 4.69. The van der Waals surface area contributed by atoms with E-state index >= 15 is 0 Å². The molecule has 0 saturated carbocycles. The Bertz CT molecular complexity index is 1060. The highest BCUT2D eigenvalue weighted by Gasteiger charge is 2.43. The van der Waals surface area contributed by atoms with Gasteiger partial charge in [0.1, 0.15) is 5.82 Å². The lowest BCUT2D eigenvalue weighted by Crippen LogP contribution is -2.41. The average molecular weight is 403 g/mol. The highest BCUT2D eigenvalue weighted by Crippen LogP contribution is 2.41. The molecule has 1 amide bonds. The van der Waals surface area contributed by atoms with Crippen molar-refractivity contribution in [3.8, 4) is 11.4 Å². The van der Waals surface area contributed by atoms with E-state index in [9.17, 15) is 4.79 Å². The van der Waals surface area contributed by atoms with E-state index in [4.69, 9.17) is 9.97 Å². The smallest absolute Gasteiger partial charge is 0.236 e. The molecule has 3 aromatic rings. The van der Waals surface area contributed by atoms with E-state index in [1.807, 2.05) is 18.2 Å². The lowest BCUT2D eigenvalue weighted by Gasteiger charge is -2.40. The van der Waals surface area contributed by atoms with E-state index in [2.05, 4.69) is 25.5 Å². The molecule has 2 aliphatic rings. The van der Waals surface area contributed by atoms with E-state index in [1.54, 1.807) is 31.8 Å².